The van der Waals surface area contributed by atoms with Crippen LogP contribution in [0.4, 0.5) is 0 Å². The van der Waals surface area contributed by atoms with Crippen LogP contribution in [0.25, 0.3) is 0 Å². The summed E-state index contributed by atoms with van der Waals surface area (Å²) in [6, 6.07) is 9.54. The molecule has 2 bridgehead atoms. The SMILES string of the molecule is Cc1ccc(OCc2nc(CC(=O)N(C)C3CC4CCC(C3)N4)cs2)cc1. The number of rotatable bonds is 6. The Hall–Kier alpha value is -1.92. The Kier molecular flexibility index (Phi) is 5.45. The first-order valence-corrected chi connectivity index (χ1v) is 10.6. The van der Waals surface area contributed by atoms with Gasteiger partial charge in [0.2, 0.25) is 5.91 Å². The number of aryl methyl sites for hydroxylation is 1. The summed E-state index contributed by atoms with van der Waals surface area (Å²) in [5.41, 5.74) is 2.06. The summed E-state index contributed by atoms with van der Waals surface area (Å²) in [5, 5.41) is 6.52. The van der Waals surface area contributed by atoms with Crippen molar-refractivity contribution in [1.29, 1.82) is 0 Å². The number of carbonyl (C=O) groups excluding carboxylic acids is 1. The minimum absolute atomic E-state index is 0.164. The van der Waals surface area contributed by atoms with Crippen LogP contribution in [0.2, 0.25) is 0 Å². The number of benzene rings is 1. The van der Waals surface area contributed by atoms with E-state index < -0.39 is 0 Å². The van der Waals surface area contributed by atoms with Crippen LogP contribution in [-0.2, 0) is 17.8 Å². The molecule has 2 atom stereocenters. The van der Waals surface area contributed by atoms with Crippen molar-refractivity contribution < 1.29 is 9.53 Å². The number of aromatic nitrogens is 1. The zero-order chi connectivity index (χ0) is 18.8. The quantitative estimate of drug-likeness (QED) is 0.829. The van der Waals surface area contributed by atoms with Crippen LogP contribution in [0.5, 0.6) is 5.75 Å². The summed E-state index contributed by atoms with van der Waals surface area (Å²) in [4.78, 5) is 19.2. The smallest absolute Gasteiger partial charge is 0.228 e. The summed E-state index contributed by atoms with van der Waals surface area (Å²) >= 11 is 1.56. The second kappa shape index (κ2) is 7.98. The molecular formula is C21H27N3O2S. The van der Waals surface area contributed by atoms with Crippen LogP contribution in [0.1, 0.15) is 41.9 Å². The number of carbonyl (C=O) groups is 1. The van der Waals surface area contributed by atoms with Gasteiger partial charge in [-0.3, -0.25) is 4.79 Å². The second-order valence-corrected chi connectivity index (χ2v) is 8.72. The van der Waals surface area contributed by atoms with E-state index in [2.05, 4.69) is 17.2 Å². The lowest BCUT2D eigenvalue weighted by atomic mass is 9.98. The van der Waals surface area contributed by atoms with E-state index in [0.29, 0.717) is 31.2 Å². The van der Waals surface area contributed by atoms with Crippen LogP contribution >= 0.6 is 11.3 Å². The van der Waals surface area contributed by atoms with E-state index >= 15 is 0 Å². The predicted molar refractivity (Wildman–Crippen MR) is 107 cm³/mol. The lowest BCUT2D eigenvalue weighted by Crippen LogP contribution is -2.49. The first kappa shape index (κ1) is 18.4. The highest BCUT2D eigenvalue weighted by Crippen LogP contribution is 2.29. The lowest BCUT2D eigenvalue weighted by molar-refractivity contribution is -0.132. The highest BCUT2D eigenvalue weighted by atomic mass is 32.1. The van der Waals surface area contributed by atoms with Gasteiger partial charge >= 0.3 is 0 Å². The van der Waals surface area contributed by atoms with Crippen LogP contribution in [-0.4, -0.2) is 41.0 Å². The summed E-state index contributed by atoms with van der Waals surface area (Å²) in [7, 11) is 1.95. The Bertz CT molecular complexity index is 777. The monoisotopic (exact) mass is 385 g/mol. The number of fused-ring (bicyclic) bond motifs is 2. The molecule has 1 N–H and O–H groups in total. The molecule has 0 radical (unpaired) electrons. The third-order valence-electron chi connectivity index (χ3n) is 5.70. The van der Waals surface area contributed by atoms with Crippen molar-refractivity contribution in [2.75, 3.05) is 7.05 Å². The summed E-state index contributed by atoms with van der Waals surface area (Å²) in [6.45, 7) is 2.49. The van der Waals surface area contributed by atoms with Crippen molar-refractivity contribution in [3.8, 4) is 5.75 Å². The zero-order valence-corrected chi connectivity index (χ0v) is 16.8. The van der Waals surface area contributed by atoms with E-state index in [-0.39, 0.29) is 5.91 Å². The maximum absolute atomic E-state index is 12.7. The molecule has 2 aliphatic heterocycles. The Morgan fingerprint density at radius 1 is 1.26 bits per heavy atom. The van der Waals surface area contributed by atoms with Crippen LogP contribution < -0.4 is 10.1 Å². The van der Waals surface area contributed by atoms with E-state index in [4.69, 9.17) is 4.74 Å². The van der Waals surface area contributed by atoms with Gasteiger partial charge < -0.3 is 15.0 Å². The molecule has 1 aromatic heterocycles. The van der Waals surface area contributed by atoms with Gasteiger partial charge in [0.15, 0.2) is 0 Å². The van der Waals surface area contributed by atoms with E-state index in [0.717, 1.165) is 29.3 Å². The van der Waals surface area contributed by atoms with Gasteiger partial charge in [-0.2, -0.15) is 0 Å². The molecule has 0 saturated carbocycles. The summed E-state index contributed by atoms with van der Waals surface area (Å²) in [6.07, 6.45) is 5.02. The fraction of sp³-hybridized carbons (Fsp3) is 0.524. The number of nitrogens with one attached hydrogen (secondary N) is 1. The molecule has 0 spiro atoms. The number of thiazole rings is 1. The maximum Gasteiger partial charge on any atom is 0.228 e. The van der Waals surface area contributed by atoms with Gasteiger partial charge in [-0.15, -0.1) is 11.3 Å². The Labute approximate surface area is 164 Å². The molecular weight excluding hydrogens is 358 g/mol. The third kappa shape index (κ3) is 4.50. The molecule has 2 unspecified atom stereocenters. The number of hydrogen-bond donors (Lipinski definition) is 1. The molecule has 1 aromatic carbocycles. The standard InChI is InChI=1S/C21H27N3O2S/c1-14-3-7-19(8-4-14)26-12-20-23-17(13-27-20)11-21(25)24(2)18-9-15-5-6-16(10-18)22-15/h3-4,7-8,13,15-16,18,22H,5-6,9-12H2,1-2H3. The molecule has 5 nitrogen and oxygen atoms in total. The molecule has 1 amide bonds. The highest BCUT2D eigenvalue weighted by Gasteiger charge is 2.36. The van der Waals surface area contributed by atoms with E-state index in [1.165, 1.54) is 18.4 Å². The van der Waals surface area contributed by atoms with Gasteiger partial charge in [-0.25, -0.2) is 4.98 Å². The first-order valence-electron chi connectivity index (χ1n) is 9.71. The van der Waals surface area contributed by atoms with Crippen molar-refractivity contribution in [2.24, 2.45) is 0 Å². The maximum atomic E-state index is 12.7. The normalized spacial score (nSPS) is 24.0. The number of amides is 1. The Morgan fingerprint density at radius 2 is 1.96 bits per heavy atom. The van der Waals surface area contributed by atoms with Crippen LogP contribution in [0.3, 0.4) is 0 Å². The molecule has 0 aliphatic carbocycles. The molecule has 3 heterocycles. The van der Waals surface area contributed by atoms with Crippen molar-refractivity contribution in [3.05, 3.63) is 45.9 Å². The number of nitrogens with zero attached hydrogens (tertiary/aromatic N) is 2. The number of piperidine rings is 1. The molecule has 27 heavy (non-hydrogen) atoms. The average molecular weight is 386 g/mol. The molecule has 2 saturated heterocycles. The number of hydrogen-bond acceptors (Lipinski definition) is 5. The van der Waals surface area contributed by atoms with E-state index in [9.17, 15) is 4.79 Å². The average Bonchev–Trinajstić information content (AvgIpc) is 3.26. The van der Waals surface area contributed by atoms with Gasteiger partial charge in [0, 0.05) is 30.6 Å². The van der Waals surface area contributed by atoms with Crippen molar-refractivity contribution in [3.63, 3.8) is 0 Å². The van der Waals surface area contributed by atoms with Crippen molar-refractivity contribution in [1.82, 2.24) is 15.2 Å². The number of likely N-dealkylation sites (N-methyl/N-ethyl adjacent to an activating group) is 1. The minimum Gasteiger partial charge on any atom is -0.486 e. The summed E-state index contributed by atoms with van der Waals surface area (Å²) in [5.74, 6) is 1.01. The number of ether oxygens (including phenoxy) is 1. The van der Waals surface area contributed by atoms with E-state index in [1.807, 2.05) is 41.6 Å². The third-order valence-corrected chi connectivity index (χ3v) is 6.58. The molecule has 6 heteroatoms. The minimum atomic E-state index is 0.164. The second-order valence-electron chi connectivity index (χ2n) is 7.78. The lowest BCUT2D eigenvalue weighted by Gasteiger charge is -2.35. The molecule has 2 aromatic rings. The van der Waals surface area contributed by atoms with Gasteiger partial charge in [-0.05, 0) is 44.7 Å². The molecule has 144 valence electrons. The Morgan fingerprint density at radius 3 is 2.67 bits per heavy atom. The van der Waals surface area contributed by atoms with Crippen LogP contribution in [0, 0.1) is 6.92 Å². The highest BCUT2D eigenvalue weighted by molar-refractivity contribution is 7.09. The van der Waals surface area contributed by atoms with Gasteiger partial charge in [-0.1, -0.05) is 17.7 Å². The van der Waals surface area contributed by atoms with Crippen molar-refractivity contribution in [2.45, 2.75) is 63.8 Å². The Balaban J connectivity index is 1.29. The van der Waals surface area contributed by atoms with Gasteiger partial charge in [0.25, 0.3) is 0 Å². The van der Waals surface area contributed by atoms with Crippen molar-refractivity contribution >= 4 is 17.2 Å². The first-order chi connectivity index (χ1) is 13.1. The molecule has 4 rings (SSSR count). The van der Waals surface area contributed by atoms with Crippen LogP contribution in [0.15, 0.2) is 29.6 Å². The zero-order valence-electron chi connectivity index (χ0n) is 16.0. The van der Waals surface area contributed by atoms with Gasteiger partial charge in [0.05, 0.1) is 12.1 Å². The van der Waals surface area contributed by atoms with Gasteiger partial charge in [0.1, 0.15) is 17.4 Å². The molecule has 2 aliphatic rings. The predicted octanol–water partition coefficient (Wildman–Crippen LogP) is 3.31. The fourth-order valence-corrected chi connectivity index (χ4v) is 4.81. The topological polar surface area (TPSA) is 54.5 Å². The largest absolute Gasteiger partial charge is 0.486 e. The van der Waals surface area contributed by atoms with E-state index in [1.54, 1.807) is 11.3 Å². The molecule has 2 fully saturated rings. The summed E-state index contributed by atoms with van der Waals surface area (Å²) < 4.78 is 5.78. The fourth-order valence-electron chi connectivity index (χ4n) is 4.10.